The van der Waals surface area contributed by atoms with Gasteiger partial charge in [0.25, 0.3) is 0 Å². The maximum absolute atomic E-state index is 13.3. The average Bonchev–Trinajstić information content (AvgIpc) is 3.33. The molecule has 0 saturated carbocycles. The van der Waals surface area contributed by atoms with E-state index in [0.29, 0.717) is 0 Å². The van der Waals surface area contributed by atoms with E-state index in [4.69, 9.17) is 37.9 Å². The number of para-hydroxylation sites is 3. The predicted octanol–water partition coefficient (Wildman–Crippen LogP) is 3.61. The van der Waals surface area contributed by atoms with E-state index >= 15 is 0 Å². The number of esters is 4. The quantitative estimate of drug-likeness (QED) is 0.236. The summed E-state index contributed by atoms with van der Waals surface area (Å²) in [5, 5.41) is 0. The normalized spacial score (nSPS) is 19.1. The van der Waals surface area contributed by atoms with Crippen LogP contribution in [0.5, 0.6) is 17.2 Å². The second-order valence-electron chi connectivity index (χ2n) is 9.09. The lowest BCUT2D eigenvalue weighted by atomic mass is 10.1. The Labute approximate surface area is 247 Å². The van der Waals surface area contributed by atoms with Crippen molar-refractivity contribution in [3.8, 4) is 17.2 Å². The van der Waals surface area contributed by atoms with Crippen molar-refractivity contribution in [1.82, 2.24) is 0 Å². The monoisotopic (exact) mass is 594 g/mol. The van der Waals surface area contributed by atoms with Gasteiger partial charge in [0.2, 0.25) is 12.4 Å². The van der Waals surface area contributed by atoms with E-state index in [-0.39, 0.29) is 33.9 Å². The van der Waals surface area contributed by atoms with Crippen molar-refractivity contribution in [2.45, 2.75) is 31.5 Å². The average molecular weight is 595 g/mol. The van der Waals surface area contributed by atoms with Gasteiger partial charge in [0.15, 0.2) is 6.10 Å². The molecule has 12 nitrogen and oxygen atoms in total. The standard InChI is InChI=1S/C31H30O12/c1-18(32)40-27-26(42-29(34)20-12-6-9-15-23(20)37-3)25(17-39-28(33)19-11-5-8-14-22(19)36-2)41-31(27)43-30(35)21-13-7-10-16-24(21)38-4/h5-16,25-27,31H,17H2,1-4H3/t25-,26-,27-,31-/m1/s1. The third kappa shape index (κ3) is 7.22. The minimum Gasteiger partial charge on any atom is -0.496 e. The van der Waals surface area contributed by atoms with Gasteiger partial charge in [0.05, 0.1) is 21.3 Å². The van der Waals surface area contributed by atoms with Crippen LogP contribution in [0.15, 0.2) is 72.8 Å². The van der Waals surface area contributed by atoms with Crippen molar-refractivity contribution in [3.05, 3.63) is 89.5 Å². The summed E-state index contributed by atoms with van der Waals surface area (Å²) in [6.45, 7) is 0.661. The largest absolute Gasteiger partial charge is 0.496 e. The zero-order valence-corrected chi connectivity index (χ0v) is 23.8. The Bertz CT molecular complexity index is 1470. The SMILES string of the molecule is COc1ccccc1C(=O)OC[C@H]1O[C@H](OC(=O)c2ccccc2OC)[C@H](OC(C)=O)[C@@H]1OC(=O)c1ccccc1OC. The first-order valence-electron chi connectivity index (χ1n) is 13.1. The van der Waals surface area contributed by atoms with Gasteiger partial charge >= 0.3 is 23.9 Å². The molecule has 0 unspecified atom stereocenters. The van der Waals surface area contributed by atoms with Crippen LogP contribution in [-0.2, 0) is 28.5 Å². The highest BCUT2D eigenvalue weighted by molar-refractivity contribution is 5.94. The summed E-state index contributed by atoms with van der Waals surface area (Å²) in [5.41, 5.74) is 0.288. The molecule has 12 heteroatoms. The van der Waals surface area contributed by atoms with Crippen molar-refractivity contribution in [3.63, 3.8) is 0 Å². The molecular formula is C31H30O12. The molecule has 1 saturated heterocycles. The molecule has 0 radical (unpaired) electrons. The molecule has 0 amide bonds. The van der Waals surface area contributed by atoms with Crippen LogP contribution in [0.25, 0.3) is 0 Å². The van der Waals surface area contributed by atoms with E-state index in [1.165, 1.54) is 39.5 Å². The molecule has 0 spiro atoms. The van der Waals surface area contributed by atoms with Crippen LogP contribution in [-0.4, -0.2) is 76.4 Å². The predicted molar refractivity (Wildman–Crippen MR) is 148 cm³/mol. The van der Waals surface area contributed by atoms with Crippen LogP contribution in [0.3, 0.4) is 0 Å². The van der Waals surface area contributed by atoms with Gasteiger partial charge in [-0.25, -0.2) is 14.4 Å². The Balaban J connectivity index is 1.63. The Morgan fingerprint density at radius 3 is 1.51 bits per heavy atom. The molecule has 1 aliphatic heterocycles. The number of ether oxygens (including phenoxy) is 8. The fourth-order valence-corrected chi connectivity index (χ4v) is 4.41. The molecule has 1 heterocycles. The lowest BCUT2D eigenvalue weighted by Gasteiger charge is -2.24. The highest BCUT2D eigenvalue weighted by atomic mass is 16.8. The summed E-state index contributed by atoms with van der Waals surface area (Å²) in [6.07, 6.45) is -5.57. The van der Waals surface area contributed by atoms with Crippen LogP contribution in [0.4, 0.5) is 0 Å². The van der Waals surface area contributed by atoms with Gasteiger partial charge in [-0.15, -0.1) is 0 Å². The topological polar surface area (TPSA) is 142 Å². The summed E-state index contributed by atoms with van der Waals surface area (Å²) in [6, 6.07) is 19.1. The smallest absolute Gasteiger partial charge is 0.344 e. The zero-order chi connectivity index (χ0) is 30.9. The molecule has 1 fully saturated rings. The van der Waals surface area contributed by atoms with Gasteiger partial charge in [-0.05, 0) is 36.4 Å². The summed E-state index contributed by atoms with van der Waals surface area (Å²) < 4.78 is 43.9. The van der Waals surface area contributed by atoms with E-state index < -0.39 is 55.1 Å². The molecule has 4 rings (SSSR count). The molecule has 43 heavy (non-hydrogen) atoms. The first kappa shape index (κ1) is 30.8. The van der Waals surface area contributed by atoms with Crippen LogP contribution in [0.2, 0.25) is 0 Å². The number of rotatable bonds is 11. The molecule has 0 aliphatic carbocycles. The molecule has 4 atom stereocenters. The van der Waals surface area contributed by atoms with E-state index in [1.54, 1.807) is 54.6 Å². The Kier molecular flexibility index (Phi) is 10.2. The molecule has 1 aliphatic rings. The molecule has 0 bridgehead atoms. The Morgan fingerprint density at radius 1 is 0.605 bits per heavy atom. The summed E-state index contributed by atoms with van der Waals surface area (Å²) in [4.78, 5) is 51.5. The minimum atomic E-state index is -1.55. The number of benzene rings is 3. The van der Waals surface area contributed by atoms with Gasteiger partial charge in [-0.1, -0.05) is 36.4 Å². The minimum absolute atomic E-state index is 0.0730. The fourth-order valence-electron chi connectivity index (χ4n) is 4.41. The maximum Gasteiger partial charge on any atom is 0.344 e. The number of hydrogen-bond acceptors (Lipinski definition) is 12. The van der Waals surface area contributed by atoms with Crippen molar-refractivity contribution >= 4 is 23.9 Å². The second-order valence-corrected chi connectivity index (χ2v) is 9.09. The molecular weight excluding hydrogens is 564 g/mol. The van der Waals surface area contributed by atoms with E-state index in [9.17, 15) is 19.2 Å². The Morgan fingerprint density at radius 2 is 1.05 bits per heavy atom. The summed E-state index contributed by atoms with van der Waals surface area (Å²) in [5.74, 6) is -2.49. The van der Waals surface area contributed by atoms with Crippen molar-refractivity contribution in [2.75, 3.05) is 27.9 Å². The number of carbonyl (C=O) groups is 4. The second kappa shape index (κ2) is 14.2. The Hall–Kier alpha value is -5.10. The van der Waals surface area contributed by atoms with Crippen molar-refractivity contribution < 1.29 is 57.1 Å². The van der Waals surface area contributed by atoms with E-state index in [1.807, 2.05) is 0 Å². The van der Waals surface area contributed by atoms with Crippen LogP contribution < -0.4 is 14.2 Å². The maximum atomic E-state index is 13.3. The van der Waals surface area contributed by atoms with Gasteiger partial charge in [-0.3, -0.25) is 4.79 Å². The zero-order valence-electron chi connectivity index (χ0n) is 23.8. The number of methoxy groups -OCH3 is 3. The van der Waals surface area contributed by atoms with Gasteiger partial charge in [-0.2, -0.15) is 0 Å². The number of hydrogen-bond donors (Lipinski definition) is 0. The van der Waals surface area contributed by atoms with Crippen LogP contribution in [0, 0.1) is 0 Å². The van der Waals surface area contributed by atoms with Crippen LogP contribution in [0.1, 0.15) is 38.0 Å². The first-order chi connectivity index (χ1) is 20.8. The highest BCUT2D eigenvalue weighted by Crippen LogP contribution is 2.32. The van der Waals surface area contributed by atoms with Gasteiger partial charge < -0.3 is 37.9 Å². The fraction of sp³-hybridized carbons (Fsp3) is 0.290. The molecule has 0 N–H and O–H groups in total. The molecule has 3 aromatic rings. The van der Waals surface area contributed by atoms with Crippen molar-refractivity contribution in [1.29, 1.82) is 0 Å². The first-order valence-corrected chi connectivity index (χ1v) is 13.1. The summed E-state index contributed by atoms with van der Waals surface area (Å²) in [7, 11) is 4.18. The molecule has 3 aromatic carbocycles. The van der Waals surface area contributed by atoms with E-state index in [2.05, 4.69) is 0 Å². The van der Waals surface area contributed by atoms with E-state index in [0.717, 1.165) is 6.92 Å². The third-order valence-corrected chi connectivity index (χ3v) is 6.40. The molecule has 226 valence electrons. The lowest BCUT2D eigenvalue weighted by Crippen LogP contribution is -2.42. The lowest BCUT2D eigenvalue weighted by molar-refractivity contribution is -0.172. The highest BCUT2D eigenvalue weighted by Gasteiger charge is 2.52. The van der Waals surface area contributed by atoms with Crippen LogP contribution >= 0.6 is 0 Å². The van der Waals surface area contributed by atoms with Crippen molar-refractivity contribution in [2.24, 2.45) is 0 Å². The van der Waals surface area contributed by atoms with Gasteiger partial charge in [0.1, 0.15) is 46.6 Å². The van der Waals surface area contributed by atoms with Gasteiger partial charge in [0, 0.05) is 6.92 Å². The number of carbonyl (C=O) groups excluding carboxylic acids is 4. The molecule has 0 aromatic heterocycles. The summed E-state index contributed by atoms with van der Waals surface area (Å²) >= 11 is 0. The third-order valence-electron chi connectivity index (χ3n) is 6.40.